The largest absolute Gasteiger partial charge is 0.444 e. The number of nitrogens with one attached hydrogen (secondary N) is 1. The summed E-state index contributed by atoms with van der Waals surface area (Å²) in [5.74, 6) is 0. The molecule has 0 fully saturated rings. The number of carbonyl (C=O) groups is 1. The number of rotatable bonds is 3. The third-order valence-corrected chi connectivity index (χ3v) is 5.57. The van der Waals surface area contributed by atoms with Crippen LogP contribution < -0.4 is 5.32 Å². The SMILES string of the molecule is CC(C)(C)OC(=O)N[C@@H]1Cc2c(n(Cc3nccs3)c3ccc(C#N)cc23)C1. The number of hydrogen-bond donors (Lipinski definition) is 1. The second-order valence-corrected chi connectivity index (χ2v) is 9.01. The number of hydrogen-bond acceptors (Lipinski definition) is 5. The Hall–Kier alpha value is -2.85. The fourth-order valence-corrected chi connectivity index (χ4v) is 4.39. The molecule has 1 aliphatic rings. The molecule has 0 radical (unpaired) electrons. The normalized spacial score (nSPS) is 16.0. The molecule has 1 N–H and O–H groups in total. The lowest BCUT2D eigenvalue weighted by Crippen LogP contribution is -2.39. The van der Waals surface area contributed by atoms with Gasteiger partial charge in [-0.05, 0) is 51.0 Å². The molecule has 4 rings (SSSR count). The molecule has 2 aromatic heterocycles. The average molecular weight is 395 g/mol. The quantitative estimate of drug-likeness (QED) is 0.728. The summed E-state index contributed by atoms with van der Waals surface area (Å²) in [6.45, 7) is 6.26. The molecule has 7 heteroatoms. The van der Waals surface area contributed by atoms with Crippen LogP contribution in [-0.2, 0) is 24.1 Å². The van der Waals surface area contributed by atoms with E-state index in [9.17, 15) is 10.1 Å². The van der Waals surface area contributed by atoms with Gasteiger partial charge in [0.2, 0.25) is 0 Å². The summed E-state index contributed by atoms with van der Waals surface area (Å²) < 4.78 is 7.67. The van der Waals surface area contributed by atoms with E-state index in [1.165, 1.54) is 11.3 Å². The Morgan fingerprint density at radius 3 is 2.93 bits per heavy atom. The first-order valence-corrected chi connectivity index (χ1v) is 10.1. The molecular formula is C21H22N4O2S. The molecule has 0 unspecified atom stereocenters. The number of nitriles is 1. The molecule has 0 aliphatic heterocycles. The molecule has 0 bridgehead atoms. The predicted octanol–water partition coefficient (Wildman–Crippen LogP) is 4.01. The summed E-state index contributed by atoms with van der Waals surface area (Å²) in [5, 5.41) is 16.4. The molecule has 0 saturated heterocycles. The van der Waals surface area contributed by atoms with Gasteiger partial charge in [0, 0.05) is 40.6 Å². The minimum absolute atomic E-state index is 0.0162. The summed E-state index contributed by atoms with van der Waals surface area (Å²) in [5.41, 5.74) is 3.62. The van der Waals surface area contributed by atoms with Crippen LogP contribution in [0.15, 0.2) is 29.8 Å². The number of alkyl carbamates (subject to hydrolysis) is 1. The van der Waals surface area contributed by atoms with Crippen molar-refractivity contribution in [1.29, 1.82) is 5.26 Å². The van der Waals surface area contributed by atoms with E-state index in [1.54, 1.807) is 11.3 Å². The fourth-order valence-electron chi connectivity index (χ4n) is 3.78. The van der Waals surface area contributed by atoms with Crippen LogP contribution in [0.2, 0.25) is 0 Å². The van der Waals surface area contributed by atoms with Crippen LogP contribution in [0.5, 0.6) is 0 Å². The van der Waals surface area contributed by atoms with Gasteiger partial charge >= 0.3 is 6.09 Å². The van der Waals surface area contributed by atoms with Gasteiger partial charge < -0.3 is 14.6 Å². The summed E-state index contributed by atoms with van der Waals surface area (Å²) in [4.78, 5) is 16.6. The van der Waals surface area contributed by atoms with Crippen molar-refractivity contribution in [3.63, 3.8) is 0 Å². The molecule has 6 nitrogen and oxygen atoms in total. The lowest BCUT2D eigenvalue weighted by molar-refractivity contribution is 0.0506. The average Bonchev–Trinajstić information content (AvgIpc) is 3.31. The Bertz CT molecular complexity index is 1070. The molecule has 1 amide bonds. The summed E-state index contributed by atoms with van der Waals surface area (Å²) in [6, 6.07) is 8.02. The van der Waals surface area contributed by atoms with Crippen molar-refractivity contribution in [3.8, 4) is 6.07 Å². The van der Waals surface area contributed by atoms with Crippen LogP contribution >= 0.6 is 11.3 Å². The highest BCUT2D eigenvalue weighted by atomic mass is 32.1. The van der Waals surface area contributed by atoms with Gasteiger partial charge in [0.05, 0.1) is 18.2 Å². The van der Waals surface area contributed by atoms with E-state index in [0.717, 1.165) is 28.8 Å². The van der Waals surface area contributed by atoms with E-state index in [2.05, 4.69) is 20.9 Å². The van der Waals surface area contributed by atoms with Crippen LogP contribution in [0.3, 0.4) is 0 Å². The second-order valence-electron chi connectivity index (χ2n) is 8.03. The molecule has 0 saturated carbocycles. The van der Waals surface area contributed by atoms with Gasteiger partial charge in [0.1, 0.15) is 10.6 Å². The van der Waals surface area contributed by atoms with E-state index in [4.69, 9.17) is 4.74 Å². The number of fused-ring (bicyclic) bond motifs is 3. The Labute approximate surface area is 167 Å². The van der Waals surface area contributed by atoms with E-state index in [1.807, 2.05) is 50.5 Å². The molecule has 0 spiro atoms. The van der Waals surface area contributed by atoms with Crippen molar-refractivity contribution >= 4 is 28.3 Å². The number of amides is 1. The van der Waals surface area contributed by atoms with Gasteiger partial charge in [0.15, 0.2) is 0 Å². The Morgan fingerprint density at radius 2 is 2.25 bits per heavy atom. The van der Waals surface area contributed by atoms with Crippen LogP contribution in [0, 0.1) is 11.3 Å². The standard InChI is InChI=1S/C21H22N4O2S/c1-21(2,3)27-20(26)24-14-9-16-15-8-13(11-22)4-5-17(15)25(18(16)10-14)12-19-23-6-7-28-19/h4-8,14H,9-10,12H2,1-3H3,(H,24,26)/t14-/m1/s1. The highest BCUT2D eigenvalue weighted by molar-refractivity contribution is 7.09. The van der Waals surface area contributed by atoms with E-state index in [0.29, 0.717) is 12.1 Å². The fraction of sp³-hybridized carbons (Fsp3) is 0.381. The predicted molar refractivity (Wildman–Crippen MR) is 108 cm³/mol. The molecule has 1 aliphatic carbocycles. The van der Waals surface area contributed by atoms with Crippen LogP contribution in [0.4, 0.5) is 4.79 Å². The maximum atomic E-state index is 12.2. The van der Waals surface area contributed by atoms with Crippen molar-refractivity contribution in [2.75, 3.05) is 0 Å². The number of benzene rings is 1. The minimum atomic E-state index is -0.524. The lowest BCUT2D eigenvalue weighted by Gasteiger charge is -2.22. The summed E-state index contributed by atoms with van der Waals surface area (Å²) in [7, 11) is 0. The molecule has 28 heavy (non-hydrogen) atoms. The Balaban J connectivity index is 1.66. The van der Waals surface area contributed by atoms with Crippen molar-refractivity contribution in [1.82, 2.24) is 14.9 Å². The maximum Gasteiger partial charge on any atom is 0.407 e. The first kappa shape index (κ1) is 18.5. The molecule has 1 aromatic carbocycles. The number of carbonyl (C=O) groups excluding carboxylic acids is 1. The molecule has 1 atom stereocenters. The highest BCUT2D eigenvalue weighted by Crippen LogP contribution is 2.34. The minimum Gasteiger partial charge on any atom is -0.444 e. The first-order valence-electron chi connectivity index (χ1n) is 9.26. The zero-order valence-corrected chi connectivity index (χ0v) is 17.0. The molecular weight excluding hydrogens is 372 g/mol. The lowest BCUT2D eigenvalue weighted by atomic mass is 10.1. The Kier molecular flexibility index (Phi) is 4.60. The Morgan fingerprint density at radius 1 is 1.43 bits per heavy atom. The topological polar surface area (TPSA) is 79.9 Å². The zero-order valence-electron chi connectivity index (χ0n) is 16.2. The zero-order chi connectivity index (χ0) is 19.9. The van der Waals surface area contributed by atoms with Gasteiger partial charge in [0.25, 0.3) is 0 Å². The first-order chi connectivity index (χ1) is 13.3. The van der Waals surface area contributed by atoms with Gasteiger partial charge in [-0.2, -0.15) is 5.26 Å². The van der Waals surface area contributed by atoms with Crippen molar-refractivity contribution in [2.45, 2.75) is 51.8 Å². The number of thiazole rings is 1. The van der Waals surface area contributed by atoms with E-state index >= 15 is 0 Å². The van der Waals surface area contributed by atoms with Gasteiger partial charge in [-0.3, -0.25) is 0 Å². The second kappa shape index (κ2) is 6.95. The number of aromatic nitrogens is 2. The summed E-state index contributed by atoms with van der Waals surface area (Å²) >= 11 is 1.63. The van der Waals surface area contributed by atoms with Crippen LogP contribution in [0.1, 0.15) is 42.6 Å². The van der Waals surface area contributed by atoms with Crippen molar-refractivity contribution in [3.05, 3.63) is 51.6 Å². The highest BCUT2D eigenvalue weighted by Gasteiger charge is 2.31. The molecule has 3 aromatic rings. The van der Waals surface area contributed by atoms with Gasteiger partial charge in [-0.15, -0.1) is 11.3 Å². The van der Waals surface area contributed by atoms with Crippen molar-refractivity contribution < 1.29 is 9.53 Å². The van der Waals surface area contributed by atoms with Crippen LogP contribution in [0.25, 0.3) is 10.9 Å². The number of nitrogens with zero attached hydrogens (tertiary/aromatic N) is 3. The summed E-state index contributed by atoms with van der Waals surface area (Å²) in [6.07, 6.45) is 2.88. The molecule has 2 heterocycles. The number of ether oxygens (including phenoxy) is 1. The van der Waals surface area contributed by atoms with Gasteiger partial charge in [-0.25, -0.2) is 9.78 Å². The third kappa shape index (κ3) is 3.60. The van der Waals surface area contributed by atoms with Crippen LogP contribution in [-0.4, -0.2) is 27.3 Å². The third-order valence-electron chi connectivity index (χ3n) is 4.80. The molecule has 144 valence electrons. The maximum absolute atomic E-state index is 12.2. The van der Waals surface area contributed by atoms with E-state index in [-0.39, 0.29) is 6.04 Å². The van der Waals surface area contributed by atoms with Crippen molar-refractivity contribution in [2.24, 2.45) is 0 Å². The monoisotopic (exact) mass is 394 g/mol. The smallest absolute Gasteiger partial charge is 0.407 e. The van der Waals surface area contributed by atoms with Gasteiger partial charge in [-0.1, -0.05) is 0 Å². The van der Waals surface area contributed by atoms with E-state index < -0.39 is 11.7 Å².